The topological polar surface area (TPSA) is 58.1 Å². The molecule has 0 spiro atoms. The summed E-state index contributed by atoms with van der Waals surface area (Å²) >= 11 is 1.15. The second-order valence-corrected chi connectivity index (χ2v) is 4.47. The third-order valence-corrected chi connectivity index (χ3v) is 2.80. The molecule has 2 aromatic rings. The van der Waals surface area contributed by atoms with Crippen LogP contribution < -0.4 is 10.2 Å². The maximum Gasteiger partial charge on any atom is 0.256 e. The number of anilines is 2. The number of carbonyl (C=O) groups excluding carboxylic acids is 1. The van der Waals surface area contributed by atoms with Gasteiger partial charge in [0.25, 0.3) is 5.91 Å². The quantitative estimate of drug-likeness (QED) is 0.900. The van der Waals surface area contributed by atoms with Gasteiger partial charge < -0.3 is 10.2 Å². The summed E-state index contributed by atoms with van der Waals surface area (Å²) in [5.41, 5.74) is 1.60. The maximum atomic E-state index is 11.9. The zero-order valence-electron chi connectivity index (χ0n) is 9.54. The zero-order chi connectivity index (χ0) is 12.3. The minimum atomic E-state index is -0.153. The lowest BCUT2D eigenvalue weighted by Gasteiger charge is -2.13. The van der Waals surface area contributed by atoms with Gasteiger partial charge in [-0.15, -0.1) is 5.10 Å². The molecular formula is C11H12N4OS. The second kappa shape index (κ2) is 4.92. The first kappa shape index (κ1) is 11.5. The molecule has 0 aliphatic rings. The molecular weight excluding hydrogens is 236 g/mol. The Balaban J connectivity index is 2.16. The number of aromatic nitrogens is 2. The minimum Gasteiger partial charge on any atom is -0.378 e. The Hall–Kier alpha value is -1.95. The second-order valence-electron chi connectivity index (χ2n) is 3.68. The molecule has 5 nitrogen and oxygen atoms in total. The summed E-state index contributed by atoms with van der Waals surface area (Å²) in [4.78, 5) is 13.9. The van der Waals surface area contributed by atoms with E-state index in [-0.39, 0.29) is 5.91 Å². The van der Waals surface area contributed by atoms with E-state index in [1.54, 1.807) is 6.07 Å². The van der Waals surface area contributed by atoms with Crippen molar-refractivity contribution in [1.29, 1.82) is 0 Å². The van der Waals surface area contributed by atoms with E-state index >= 15 is 0 Å². The van der Waals surface area contributed by atoms with Crippen LogP contribution in [0.5, 0.6) is 0 Å². The Morgan fingerprint density at radius 1 is 1.41 bits per heavy atom. The molecule has 2 rings (SSSR count). The molecule has 1 aromatic carbocycles. The van der Waals surface area contributed by atoms with E-state index in [9.17, 15) is 4.79 Å². The van der Waals surface area contributed by atoms with Crippen LogP contribution in [-0.2, 0) is 0 Å². The average molecular weight is 248 g/mol. The molecule has 6 heteroatoms. The first-order valence-corrected chi connectivity index (χ1v) is 5.80. The van der Waals surface area contributed by atoms with E-state index in [0.717, 1.165) is 17.2 Å². The fourth-order valence-corrected chi connectivity index (χ4v) is 1.75. The van der Waals surface area contributed by atoms with Crippen LogP contribution in [0.15, 0.2) is 30.5 Å². The van der Waals surface area contributed by atoms with Crippen LogP contribution in [0.25, 0.3) is 0 Å². The molecule has 0 atom stereocenters. The van der Waals surface area contributed by atoms with Crippen molar-refractivity contribution in [3.8, 4) is 0 Å². The molecule has 0 fully saturated rings. The molecule has 0 aliphatic heterocycles. The Bertz CT molecular complexity index is 510. The number of amides is 1. The van der Waals surface area contributed by atoms with Crippen molar-refractivity contribution in [2.24, 2.45) is 0 Å². The lowest BCUT2D eigenvalue weighted by molar-refractivity contribution is 0.102. The summed E-state index contributed by atoms with van der Waals surface area (Å²) in [5.74, 6) is -0.153. The fraction of sp³-hybridized carbons (Fsp3) is 0.182. The Kier molecular flexibility index (Phi) is 3.34. The number of benzene rings is 1. The smallest absolute Gasteiger partial charge is 0.256 e. The fourth-order valence-electron chi connectivity index (χ4n) is 1.33. The number of nitrogens with zero attached hydrogens (tertiary/aromatic N) is 3. The number of rotatable bonds is 3. The van der Waals surface area contributed by atoms with Gasteiger partial charge in [0, 0.05) is 36.9 Å². The van der Waals surface area contributed by atoms with Crippen LogP contribution in [0, 0.1) is 0 Å². The molecule has 1 amide bonds. The third kappa shape index (κ3) is 2.79. The summed E-state index contributed by atoms with van der Waals surface area (Å²) < 4.78 is 3.68. The van der Waals surface area contributed by atoms with Crippen molar-refractivity contribution >= 4 is 28.1 Å². The van der Waals surface area contributed by atoms with E-state index < -0.39 is 0 Å². The van der Waals surface area contributed by atoms with Gasteiger partial charge in [0.15, 0.2) is 0 Å². The van der Waals surface area contributed by atoms with E-state index in [1.807, 2.05) is 37.2 Å². The highest BCUT2D eigenvalue weighted by atomic mass is 32.1. The summed E-state index contributed by atoms with van der Waals surface area (Å²) in [7, 11) is 3.87. The van der Waals surface area contributed by atoms with Crippen molar-refractivity contribution in [2.45, 2.75) is 0 Å². The van der Waals surface area contributed by atoms with Crippen LogP contribution >= 0.6 is 11.5 Å². The number of carbonyl (C=O) groups is 1. The number of hydrogen-bond acceptors (Lipinski definition) is 5. The normalized spacial score (nSPS) is 10.0. The van der Waals surface area contributed by atoms with Crippen LogP contribution in [0.1, 0.15) is 10.4 Å². The van der Waals surface area contributed by atoms with Crippen LogP contribution in [-0.4, -0.2) is 29.6 Å². The van der Waals surface area contributed by atoms with Gasteiger partial charge >= 0.3 is 0 Å². The van der Waals surface area contributed by atoms with E-state index in [4.69, 9.17) is 0 Å². The van der Waals surface area contributed by atoms with Crippen LogP contribution in [0.2, 0.25) is 0 Å². The molecule has 0 radical (unpaired) electrons. The molecule has 0 unspecified atom stereocenters. The third-order valence-electron chi connectivity index (χ3n) is 2.22. The molecule has 0 saturated carbocycles. The van der Waals surface area contributed by atoms with Crippen molar-refractivity contribution in [2.75, 3.05) is 24.3 Å². The van der Waals surface area contributed by atoms with Gasteiger partial charge in [-0.1, -0.05) is 10.6 Å². The van der Waals surface area contributed by atoms with Crippen LogP contribution in [0.3, 0.4) is 0 Å². The lowest BCUT2D eigenvalue weighted by atomic mass is 10.2. The van der Waals surface area contributed by atoms with Crippen LogP contribution in [0.4, 0.5) is 10.7 Å². The van der Waals surface area contributed by atoms with Gasteiger partial charge in [0.05, 0.1) is 6.20 Å². The van der Waals surface area contributed by atoms with Gasteiger partial charge in [-0.2, -0.15) is 0 Å². The number of hydrogen-bond donors (Lipinski definition) is 1. The van der Waals surface area contributed by atoms with Crippen molar-refractivity contribution < 1.29 is 4.79 Å². The lowest BCUT2D eigenvalue weighted by Crippen LogP contribution is -2.13. The summed E-state index contributed by atoms with van der Waals surface area (Å²) in [6.45, 7) is 0. The average Bonchev–Trinajstić information content (AvgIpc) is 2.82. The highest BCUT2D eigenvalue weighted by Gasteiger charge is 2.08. The van der Waals surface area contributed by atoms with Gasteiger partial charge in [-0.05, 0) is 18.2 Å². The van der Waals surface area contributed by atoms with Crippen molar-refractivity contribution in [3.63, 3.8) is 0 Å². The predicted molar refractivity (Wildman–Crippen MR) is 68.6 cm³/mol. The molecule has 0 bridgehead atoms. The first-order chi connectivity index (χ1) is 8.16. The number of nitrogens with one attached hydrogen (secondary N) is 1. The monoisotopic (exact) mass is 248 g/mol. The molecule has 1 N–H and O–H groups in total. The van der Waals surface area contributed by atoms with Gasteiger partial charge in [0.1, 0.15) is 5.00 Å². The molecule has 88 valence electrons. The SMILES string of the molecule is CN(C)c1cccc(C(=O)Nc2cnns2)c1. The first-order valence-electron chi connectivity index (χ1n) is 5.03. The molecule has 1 heterocycles. The molecule has 1 aromatic heterocycles. The Labute approximate surface area is 103 Å². The largest absolute Gasteiger partial charge is 0.378 e. The van der Waals surface area contributed by atoms with Gasteiger partial charge in [0.2, 0.25) is 0 Å². The van der Waals surface area contributed by atoms with Crippen molar-refractivity contribution in [3.05, 3.63) is 36.0 Å². The van der Waals surface area contributed by atoms with Gasteiger partial charge in [-0.3, -0.25) is 4.79 Å². The Morgan fingerprint density at radius 3 is 2.88 bits per heavy atom. The summed E-state index contributed by atoms with van der Waals surface area (Å²) in [6, 6.07) is 7.42. The highest BCUT2D eigenvalue weighted by Crippen LogP contribution is 2.16. The van der Waals surface area contributed by atoms with Gasteiger partial charge in [-0.25, -0.2) is 0 Å². The standard InChI is InChI=1S/C11H12N4OS/c1-15(2)9-5-3-4-8(6-9)11(16)13-10-7-12-14-17-10/h3-7H,1-2H3,(H,13,16). The molecule has 0 saturated heterocycles. The zero-order valence-corrected chi connectivity index (χ0v) is 10.4. The minimum absolute atomic E-state index is 0.153. The van der Waals surface area contributed by atoms with Crippen molar-refractivity contribution in [1.82, 2.24) is 9.59 Å². The maximum absolute atomic E-state index is 11.9. The molecule has 17 heavy (non-hydrogen) atoms. The predicted octanol–water partition coefficient (Wildman–Crippen LogP) is 1.86. The van der Waals surface area contributed by atoms with E-state index in [2.05, 4.69) is 14.9 Å². The van der Waals surface area contributed by atoms with E-state index in [1.165, 1.54) is 6.20 Å². The summed E-state index contributed by atoms with van der Waals surface area (Å²) in [5, 5.41) is 7.04. The Morgan fingerprint density at radius 2 is 2.24 bits per heavy atom. The molecule has 0 aliphatic carbocycles. The van der Waals surface area contributed by atoms with E-state index in [0.29, 0.717) is 10.6 Å². The summed E-state index contributed by atoms with van der Waals surface area (Å²) in [6.07, 6.45) is 1.53. The highest BCUT2D eigenvalue weighted by molar-refractivity contribution is 7.10.